The van der Waals surface area contributed by atoms with Crippen LogP contribution in [0.3, 0.4) is 0 Å². The number of ether oxygens (including phenoxy) is 2. The Hall–Kier alpha value is -3.31. The number of imidazole rings is 1. The van der Waals surface area contributed by atoms with Crippen LogP contribution in [-0.2, 0) is 21.5 Å². The second-order valence-corrected chi connectivity index (χ2v) is 11.4. The molecule has 0 radical (unpaired) electrons. The average molecular weight is 564 g/mol. The van der Waals surface area contributed by atoms with E-state index < -0.39 is 17.2 Å². The van der Waals surface area contributed by atoms with Gasteiger partial charge in [-0.2, -0.15) is 5.10 Å². The molecule has 0 spiro atoms. The minimum absolute atomic E-state index is 0.0323. The molecule has 4 heterocycles. The second-order valence-electron chi connectivity index (χ2n) is 11.4. The summed E-state index contributed by atoms with van der Waals surface area (Å²) in [6.07, 6.45) is 8.13. The average Bonchev–Trinajstić information content (AvgIpc) is 3.35. The number of pyridine rings is 1. The Morgan fingerprint density at radius 2 is 1.88 bits per heavy atom. The molecular formula is C31H35F2N5O3. The number of benzene rings is 1. The summed E-state index contributed by atoms with van der Waals surface area (Å²) < 4.78 is 43.4. The van der Waals surface area contributed by atoms with Gasteiger partial charge in [-0.25, -0.2) is 18.3 Å². The van der Waals surface area contributed by atoms with Crippen LogP contribution >= 0.6 is 0 Å². The molecule has 3 aromatic heterocycles. The van der Waals surface area contributed by atoms with Crippen molar-refractivity contribution in [3.63, 3.8) is 0 Å². The number of halogens is 2. The molecule has 10 heteroatoms. The van der Waals surface area contributed by atoms with Gasteiger partial charge in [0.05, 0.1) is 34.7 Å². The maximum atomic E-state index is 15.4. The molecule has 0 bridgehead atoms. The van der Waals surface area contributed by atoms with E-state index in [4.69, 9.17) is 15.2 Å². The molecule has 2 fully saturated rings. The number of hydrogen-bond donors (Lipinski definition) is 2. The van der Waals surface area contributed by atoms with Crippen LogP contribution in [0.1, 0.15) is 61.0 Å². The predicted molar refractivity (Wildman–Crippen MR) is 149 cm³/mol. The quantitative estimate of drug-likeness (QED) is 0.355. The molecule has 2 aliphatic rings. The van der Waals surface area contributed by atoms with E-state index in [1.165, 1.54) is 17.7 Å². The highest BCUT2D eigenvalue weighted by atomic mass is 19.1. The molecule has 0 unspecified atom stereocenters. The standard InChI is InChI=1S/C31H35F2N5O3/c1-18-11-19(12-26(34)30(18)40-2)23-5-8-35-16-20(23)13-28-36-17-22-3-4-27(37-38(22)28)29-24(32)14-21(15-25(29)33)31(39)6-9-41-10-7-31/h3-5,8,14-19,26,30,39H,6-7,9-13,34H2,1-2H3/t18-,19+,26+,30-/m0/s1. The lowest BCUT2D eigenvalue weighted by Crippen LogP contribution is -2.45. The summed E-state index contributed by atoms with van der Waals surface area (Å²) >= 11 is 0. The molecule has 1 aliphatic carbocycles. The van der Waals surface area contributed by atoms with Crippen molar-refractivity contribution in [1.29, 1.82) is 0 Å². The van der Waals surface area contributed by atoms with Crippen LogP contribution in [0.15, 0.2) is 48.9 Å². The van der Waals surface area contributed by atoms with Gasteiger partial charge in [-0.1, -0.05) is 6.92 Å². The van der Waals surface area contributed by atoms with Gasteiger partial charge < -0.3 is 20.3 Å². The van der Waals surface area contributed by atoms with Gasteiger partial charge in [-0.05, 0) is 71.7 Å². The Labute approximate surface area is 237 Å². The van der Waals surface area contributed by atoms with Gasteiger partial charge in [0, 0.05) is 58.0 Å². The van der Waals surface area contributed by atoms with Crippen molar-refractivity contribution in [2.24, 2.45) is 11.7 Å². The fraction of sp³-hybridized carbons (Fsp3) is 0.452. The van der Waals surface area contributed by atoms with Crippen molar-refractivity contribution in [3.05, 3.63) is 83.1 Å². The first kappa shape index (κ1) is 27.8. The molecule has 0 amide bonds. The summed E-state index contributed by atoms with van der Waals surface area (Å²) in [5, 5.41) is 15.6. The van der Waals surface area contributed by atoms with E-state index in [0.29, 0.717) is 36.9 Å². The lowest BCUT2D eigenvalue weighted by molar-refractivity contribution is -0.0682. The molecule has 3 N–H and O–H groups in total. The largest absolute Gasteiger partial charge is 0.385 e. The smallest absolute Gasteiger partial charge is 0.136 e. The third-order valence-corrected chi connectivity index (χ3v) is 8.81. The van der Waals surface area contributed by atoms with Crippen LogP contribution in [0, 0.1) is 17.6 Å². The zero-order valence-electron chi connectivity index (χ0n) is 23.3. The topological polar surface area (TPSA) is 108 Å². The molecule has 4 aromatic rings. The fourth-order valence-electron chi connectivity index (χ4n) is 6.65. The molecule has 6 rings (SSSR count). The number of nitrogens with zero attached hydrogens (tertiary/aromatic N) is 4. The van der Waals surface area contributed by atoms with Crippen LogP contribution in [0.5, 0.6) is 0 Å². The number of methoxy groups -OCH3 is 1. The summed E-state index contributed by atoms with van der Waals surface area (Å²) in [6.45, 7) is 2.84. The van der Waals surface area contributed by atoms with Crippen molar-refractivity contribution in [3.8, 4) is 11.3 Å². The molecule has 8 nitrogen and oxygen atoms in total. The molecule has 4 atom stereocenters. The van der Waals surface area contributed by atoms with Crippen LogP contribution in [-0.4, -0.2) is 57.2 Å². The highest BCUT2D eigenvalue weighted by Gasteiger charge is 2.36. The molecular weight excluding hydrogens is 528 g/mol. The van der Waals surface area contributed by atoms with Crippen molar-refractivity contribution >= 4 is 5.52 Å². The highest BCUT2D eigenvalue weighted by Crippen LogP contribution is 2.39. The number of hydrogen-bond acceptors (Lipinski definition) is 7. The van der Waals surface area contributed by atoms with E-state index in [9.17, 15) is 5.11 Å². The van der Waals surface area contributed by atoms with E-state index in [1.807, 2.05) is 12.3 Å². The third kappa shape index (κ3) is 5.25. The summed E-state index contributed by atoms with van der Waals surface area (Å²) in [5.74, 6) is -0.353. The monoisotopic (exact) mass is 563 g/mol. The summed E-state index contributed by atoms with van der Waals surface area (Å²) in [7, 11) is 1.71. The lowest BCUT2D eigenvalue weighted by Gasteiger charge is -2.38. The first-order chi connectivity index (χ1) is 19.8. The third-order valence-electron chi connectivity index (χ3n) is 8.81. The molecule has 1 saturated carbocycles. The fourth-order valence-corrected chi connectivity index (χ4v) is 6.65. The van der Waals surface area contributed by atoms with Crippen molar-refractivity contribution in [2.75, 3.05) is 20.3 Å². The van der Waals surface area contributed by atoms with E-state index in [2.05, 4.69) is 22.0 Å². The van der Waals surface area contributed by atoms with Gasteiger partial charge >= 0.3 is 0 Å². The van der Waals surface area contributed by atoms with Crippen molar-refractivity contribution in [1.82, 2.24) is 19.6 Å². The van der Waals surface area contributed by atoms with E-state index in [1.54, 1.807) is 36.2 Å². The molecule has 1 aliphatic heterocycles. The van der Waals surface area contributed by atoms with Gasteiger partial charge in [0.15, 0.2) is 0 Å². The van der Waals surface area contributed by atoms with E-state index >= 15 is 8.78 Å². The number of aromatic nitrogens is 4. The zero-order valence-corrected chi connectivity index (χ0v) is 23.3. The van der Waals surface area contributed by atoms with Gasteiger partial charge in [-0.3, -0.25) is 4.98 Å². The van der Waals surface area contributed by atoms with Crippen LogP contribution < -0.4 is 5.73 Å². The maximum absolute atomic E-state index is 15.4. The Morgan fingerprint density at radius 1 is 1.12 bits per heavy atom. The number of fused-ring (bicyclic) bond motifs is 1. The first-order valence-corrected chi connectivity index (χ1v) is 14.1. The molecule has 1 aromatic carbocycles. The molecule has 1 saturated heterocycles. The van der Waals surface area contributed by atoms with Crippen molar-refractivity contribution < 1.29 is 23.4 Å². The Morgan fingerprint density at radius 3 is 2.59 bits per heavy atom. The van der Waals surface area contributed by atoms with Crippen LogP contribution in [0.4, 0.5) is 8.78 Å². The van der Waals surface area contributed by atoms with E-state index in [0.717, 1.165) is 18.4 Å². The number of rotatable bonds is 6. The maximum Gasteiger partial charge on any atom is 0.136 e. The highest BCUT2D eigenvalue weighted by molar-refractivity contribution is 5.63. The van der Waals surface area contributed by atoms with Gasteiger partial charge in [0.25, 0.3) is 0 Å². The van der Waals surface area contributed by atoms with Crippen LogP contribution in [0.2, 0.25) is 0 Å². The Balaban J connectivity index is 1.32. The van der Waals surface area contributed by atoms with Crippen LogP contribution in [0.25, 0.3) is 16.8 Å². The summed E-state index contributed by atoms with van der Waals surface area (Å²) in [5.41, 5.74) is 8.15. The minimum atomic E-state index is -1.32. The van der Waals surface area contributed by atoms with Gasteiger partial charge in [0.1, 0.15) is 17.5 Å². The molecule has 41 heavy (non-hydrogen) atoms. The number of nitrogens with two attached hydrogens (primary N) is 1. The lowest BCUT2D eigenvalue weighted by atomic mass is 9.74. The first-order valence-electron chi connectivity index (χ1n) is 14.1. The Bertz CT molecular complexity index is 1520. The van der Waals surface area contributed by atoms with E-state index in [-0.39, 0.29) is 47.7 Å². The summed E-state index contributed by atoms with van der Waals surface area (Å²) in [4.78, 5) is 8.96. The Kier molecular flexibility index (Phi) is 7.58. The molecule has 216 valence electrons. The van der Waals surface area contributed by atoms with Gasteiger partial charge in [-0.15, -0.1) is 0 Å². The second kappa shape index (κ2) is 11.2. The SMILES string of the molecule is CO[C@@H]1[C@H](N)C[C@H](c2ccncc2Cc2ncc3ccc(-c4c(F)cc(C5(O)CCOCC5)cc4F)nn23)C[C@@H]1C. The number of aliphatic hydroxyl groups is 1. The van der Waals surface area contributed by atoms with Gasteiger partial charge in [0.2, 0.25) is 0 Å². The minimum Gasteiger partial charge on any atom is -0.385 e. The summed E-state index contributed by atoms with van der Waals surface area (Å²) in [6, 6.07) is 7.72. The zero-order chi connectivity index (χ0) is 28.7. The normalized spacial score (nSPS) is 24.5. The van der Waals surface area contributed by atoms with Crippen molar-refractivity contribution in [2.45, 2.75) is 62.7 Å². The predicted octanol–water partition coefficient (Wildman–Crippen LogP) is 4.51.